The summed E-state index contributed by atoms with van der Waals surface area (Å²) in [5.74, 6) is -0.0406. The zero-order valence-electron chi connectivity index (χ0n) is 12.0. The fourth-order valence-corrected chi connectivity index (χ4v) is 3.07. The van der Waals surface area contributed by atoms with E-state index in [0.717, 1.165) is 25.7 Å². The summed E-state index contributed by atoms with van der Waals surface area (Å²) in [5, 5.41) is 3.12. The molecule has 1 aliphatic rings. The van der Waals surface area contributed by atoms with E-state index in [2.05, 4.69) is 40.1 Å². The first-order chi connectivity index (χ1) is 9.58. The molecule has 1 amide bonds. The number of pyridine rings is 1. The van der Waals surface area contributed by atoms with E-state index in [1.807, 2.05) is 0 Å². The van der Waals surface area contributed by atoms with E-state index in [4.69, 9.17) is 4.74 Å². The van der Waals surface area contributed by atoms with Crippen molar-refractivity contribution < 1.29 is 9.53 Å². The van der Waals surface area contributed by atoms with E-state index >= 15 is 0 Å². The highest BCUT2D eigenvalue weighted by Gasteiger charge is 2.35. The third kappa shape index (κ3) is 3.58. The lowest BCUT2D eigenvalue weighted by atomic mass is 9.86. The van der Waals surface area contributed by atoms with Crippen LogP contribution >= 0.6 is 15.9 Å². The van der Waals surface area contributed by atoms with Gasteiger partial charge < -0.3 is 10.1 Å². The molecule has 4 nitrogen and oxygen atoms in total. The third-order valence-electron chi connectivity index (χ3n) is 4.11. The molecule has 0 radical (unpaired) electrons. The lowest BCUT2D eigenvalue weighted by molar-refractivity contribution is -0.0917. The Balaban J connectivity index is 2.01. The van der Waals surface area contributed by atoms with Gasteiger partial charge in [-0.05, 0) is 53.7 Å². The van der Waals surface area contributed by atoms with Gasteiger partial charge in [-0.15, -0.1) is 0 Å². The molecule has 1 aliphatic heterocycles. The van der Waals surface area contributed by atoms with Crippen LogP contribution in [-0.4, -0.2) is 29.1 Å². The minimum atomic E-state index is -0.0744. The molecule has 110 valence electrons. The summed E-state index contributed by atoms with van der Waals surface area (Å²) >= 11 is 3.29. The Hall–Kier alpha value is -0.940. The first-order valence-electron chi connectivity index (χ1n) is 7.15. The number of carbonyl (C=O) groups excluding carboxylic acids is 1. The van der Waals surface area contributed by atoms with Crippen molar-refractivity contribution in [2.75, 3.05) is 6.61 Å². The standard InChI is InChI=1S/C15H21BrN2O2/c1-3-15(4-2)10-12(6-8-20-15)18-14(19)11-5-7-17-13(16)9-11/h5,7,9,12H,3-4,6,8,10H2,1-2H3,(H,18,19). The van der Waals surface area contributed by atoms with Crippen molar-refractivity contribution >= 4 is 21.8 Å². The number of nitrogens with one attached hydrogen (secondary N) is 1. The zero-order chi connectivity index (χ0) is 14.6. The Morgan fingerprint density at radius 1 is 1.55 bits per heavy atom. The molecule has 1 aromatic rings. The van der Waals surface area contributed by atoms with Gasteiger partial charge in [0.05, 0.1) is 5.60 Å². The molecule has 2 heterocycles. The molecule has 1 saturated heterocycles. The van der Waals surface area contributed by atoms with Crippen molar-refractivity contribution in [2.45, 2.75) is 51.2 Å². The summed E-state index contributed by atoms with van der Waals surface area (Å²) in [7, 11) is 0. The first-order valence-corrected chi connectivity index (χ1v) is 7.94. The second kappa shape index (κ2) is 6.68. The lowest BCUT2D eigenvalue weighted by Crippen LogP contribution is -2.48. The van der Waals surface area contributed by atoms with Crippen molar-refractivity contribution in [3.05, 3.63) is 28.5 Å². The summed E-state index contributed by atoms with van der Waals surface area (Å²) < 4.78 is 6.61. The van der Waals surface area contributed by atoms with Crippen molar-refractivity contribution in [1.29, 1.82) is 0 Å². The molecule has 1 N–H and O–H groups in total. The van der Waals surface area contributed by atoms with Gasteiger partial charge in [-0.2, -0.15) is 0 Å². The number of carbonyl (C=O) groups is 1. The van der Waals surface area contributed by atoms with Gasteiger partial charge in [0.15, 0.2) is 0 Å². The summed E-state index contributed by atoms with van der Waals surface area (Å²) in [4.78, 5) is 16.3. The monoisotopic (exact) mass is 340 g/mol. The normalized spacial score (nSPS) is 21.4. The predicted molar refractivity (Wildman–Crippen MR) is 81.7 cm³/mol. The molecule has 1 aromatic heterocycles. The summed E-state index contributed by atoms with van der Waals surface area (Å²) in [6, 6.07) is 3.65. The predicted octanol–water partition coefficient (Wildman–Crippen LogP) is 3.31. The van der Waals surface area contributed by atoms with Crippen LogP contribution < -0.4 is 5.32 Å². The van der Waals surface area contributed by atoms with Gasteiger partial charge in [0.25, 0.3) is 5.91 Å². The number of halogens is 1. The van der Waals surface area contributed by atoms with E-state index < -0.39 is 0 Å². The molecule has 0 saturated carbocycles. The minimum Gasteiger partial charge on any atom is -0.375 e. The number of nitrogens with zero attached hydrogens (tertiary/aromatic N) is 1. The van der Waals surface area contributed by atoms with Gasteiger partial charge in [-0.25, -0.2) is 4.98 Å². The van der Waals surface area contributed by atoms with Crippen LogP contribution in [0.4, 0.5) is 0 Å². The fourth-order valence-electron chi connectivity index (χ4n) is 2.71. The first kappa shape index (κ1) is 15.4. The molecule has 5 heteroatoms. The highest BCUT2D eigenvalue weighted by Crippen LogP contribution is 2.31. The highest BCUT2D eigenvalue weighted by molar-refractivity contribution is 9.10. The molecule has 1 atom stereocenters. The number of hydrogen-bond donors (Lipinski definition) is 1. The van der Waals surface area contributed by atoms with Crippen LogP contribution in [0.25, 0.3) is 0 Å². The molecule has 0 bridgehead atoms. The van der Waals surface area contributed by atoms with E-state index in [-0.39, 0.29) is 17.6 Å². The second-order valence-corrected chi connectivity index (χ2v) is 6.08. The summed E-state index contributed by atoms with van der Waals surface area (Å²) in [5.41, 5.74) is 0.562. The van der Waals surface area contributed by atoms with E-state index in [1.165, 1.54) is 0 Å². The Labute approximate surface area is 128 Å². The fraction of sp³-hybridized carbons (Fsp3) is 0.600. The van der Waals surface area contributed by atoms with Gasteiger partial charge in [-0.1, -0.05) is 13.8 Å². The van der Waals surface area contributed by atoms with Crippen molar-refractivity contribution in [2.24, 2.45) is 0 Å². The Morgan fingerprint density at radius 3 is 2.95 bits per heavy atom. The molecular weight excluding hydrogens is 320 g/mol. The second-order valence-electron chi connectivity index (χ2n) is 5.27. The molecular formula is C15H21BrN2O2. The summed E-state index contributed by atoms with van der Waals surface area (Å²) in [6.07, 6.45) is 5.36. The SMILES string of the molecule is CCC1(CC)CC(NC(=O)c2ccnc(Br)c2)CCO1. The van der Waals surface area contributed by atoms with Crippen molar-refractivity contribution in [3.8, 4) is 0 Å². The Bertz CT molecular complexity index is 475. The topological polar surface area (TPSA) is 51.2 Å². The number of rotatable bonds is 4. The van der Waals surface area contributed by atoms with Crippen LogP contribution in [0.5, 0.6) is 0 Å². The van der Waals surface area contributed by atoms with E-state index in [9.17, 15) is 4.79 Å². The van der Waals surface area contributed by atoms with Crippen molar-refractivity contribution in [3.63, 3.8) is 0 Å². The average Bonchev–Trinajstić information content (AvgIpc) is 2.47. The molecule has 0 aromatic carbocycles. The van der Waals surface area contributed by atoms with Gasteiger partial charge in [0.1, 0.15) is 4.60 Å². The highest BCUT2D eigenvalue weighted by atomic mass is 79.9. The molecule has 1 fully saturated rings. The number of aromatic nitrogens is 1. The maximum Gasteiger partial charge on any atom is 0.251 e. The largest absolute Gasteiger partial charge is 0.375 e. The average molecular weight is 341 g/mol. The van der Waals surface area contributed by atoms with Gasteiger partial charge in [-0.3, -0.25) is 4.79 Å². The van der Waals surface area contributed by atoms with E-state index in [0.29, 0.717) is 16.8 Å². The lowest BCUT2D eigenvalue weighted by Gasteiger charge is -2.40. The molecule has 0 spiro atoms. The third-order valence-corrected chi connectivity index (χ3v) is 4.54. The van der Waals surface area contributed by atoms with Gasteiger partial charge in [0, 0.05) is 24.4 Å². The minimum absolute atomic E-state index is 0.0406. The molecule has 0 aliphatic carbocycles. The number of ether oxygens (including phenoxy) is 1. The Morgan fingerprint density at radius 2 is 2.30 bits per heavy atom. The molecule has 2 rings (SSSR count). The van der Waals surface area contributed by atoms with Crippen molar-refractivity contribution in [1.82, 2.24) is 10.3 Å². The zero-order valence-corrected chi connectivity index (χ0v) is 13.6. The van der Waals surface area contributed by atoms with Crippen LogP contribution in [0, 0.1) is 0 Å². The maximum absolute atomic E-state index is 12.3. The number of hydrogen-bond acceptors (Lipinski definition) is 3. The summed E-state index contributed by atoms with van der Waals surface area (Å²) in [6.45, 7) is 5.01. The van der Waals surface area contributed by atoms with Crippen LogP contribution in [0.15, 0.2) is 22.9 Å². The van der Waals surface area contributed by atoms with Crippen LogP contribution in [0.3, 0.4) is 0 Å². The van der Waals surface area contributed by atoms with Gasteiger partial charge in [0.2, 0.25) is 0 Å². The molecule has 20 heavy (non-hydrogen) atoms. The number of amides is 1. The van der Waals surface area contributed by atoms with Gasteiger partial charge >= 0.3 is 0 Å². The maximum atomic E-state index is 12.3. The smallest absolute Gasteiger partial charge is 0.251 e. The quantitative estimate of drug-likeness (QED) is 0.855. The van der Waals surface area contributed by atoms with Crippen LogP contribution in [0.1, 0.15) is 49.9 Å². The van der Waals surface area contributed by atoms with E-state index in [1.54, 1.807) is 18.3 Å². The van der Waals surface area contributed by atoms with Crippen LogP contribution in [0.2, 0.25) is 0 Å². The Kier molecular flexibility index (Phi) is 5.16. The van der Waals surface area contributed by atoms with Crippen LogP contribution in [-0.2, 0) is 4.74 Å². The molecule has 1 unspecified atom stereocenters.